The van der Waals surface area contributed by atoms with Crippen molar-refractivity contribution in [1.82, 2.24) is 14.9 Å². The normalized spacial score (nSPS) is 23.4. The lowest BCUT2D eigenvalue weighted by Crippen LogP contribution is -2.65. The second-order valence-corrected chi connectivity index (χ2v) is 7.36. The van der Waals surface area contributed by atoms with E-state index >= 15 is 0 Å². The van der Waals surface area contributed by atoms with Crippen molar-refractivity contribution in [2.75, 3.05) is 19.0 Å². The lowest BCUT2D eigenvalue weighted by molar-refractivity contribution is -0.237. The van der Waals surface area contributed by atoms with Gasteiger partial charge in [0.25, 0.3) is 0 Å². The van der Waals surface area contributed by atoms with Gasteiger partial charge in [-0.25, -0.2) is 9.59 Å². The van der Waals surface area contributed by atoms with E-state index in [9.17, 15) is 28.8 Å². The molecular weight excluding hydrogens is 472 g/mol. The number of carbonyl (C=O) groups is 5. The van der Waals surface area contributed by atoms with Crippen molar-refractivity contribution in [3.8, 4) is 0 Å². The maximum atomic E-state index is 12.8. The summed E-state index contributed by atoms with van der Waals surface area (Å²) >= 11 is 0. The fourth-order valence-corrected chi connectivity index (χ4v) is 3.36. The third-order valence-corrected chi connectivity index (χ3v) is 4.60. The van der Waals surface area contributed by atoms with E-state index in [0.29, 0.717) is 0 Å². The van der Waals surface area contributed by atoms with E-state index in [0.717, 1.165) is 32.4 Å². The predicted octanol–water partition coefficient (Wildman–Crippen LogP) is -0.750. The molecule has 0 radical (unpaired) electrons. The Morgan fingerprint density at radius 3 is 2.17 bits per heavy atom. The van der Waals surface area contributed by atoms with Gasteiger partial charge in [0, 0.05) is 33.9 Å². The molecule has 2 rings (SSSR count). The summed E-state index contributed by atoms with van der Waals surface area (Å²) in [5.41, 5.74) is -0.906. The van der Waals surface area contributed by atoms with Crippen LogP contribution in [-0.2, 0) is 42.9 Å². The molecule has 0 bridgehead atoms. The van der Waals surface area contributed by atoms with E-state index < -0.39 is 72.8 Å². The van der Waals surface area contributed by atoms with Gasteiger partial charge in [-0.1, -0.05) is 0 Å². The van der Waals surface area contributed by atoms with Crippen LogP contribution in [-0.4, -0.2) is 77.5 Å². The van der Waals surface area contributed by atoms with Gasteiger partial charge in [0.15, 0.2) is 18.4 Å². The second-order valence-electron chi connectivity index (χ2n) is 7.36. The Morgan fingerprint density at radius 1 is 1.03 bits per heavy atom. The van der Waals surface area contributed by atoms with Crippen molar-refractivity contribution in [1.29, 1.82) is 0 Å². The maximum absolute atomic E-state index is 12.8. The molecule has 1 aliphatic heterocycles. The number of hydrogen-bond acceptors (Lipinski definition) is 12. The standard InChI is InChI=1S/C20H26N4O11/c1-9(25)21-14-6-7-24(19(29)22-14)18-15(23-20(30)31-5)17(34-12(4)28)16(33-11(3)27)13(35-18)8-32-10(2)26/h6-7,13,15-18H,8H2,1-5H3,(H,23,30)(H,21,22,25,29)/t13-,15+,16+,17-,18+/m0/s1. The van der Waals surface area contributed by atoms with Crippen LogP contribution in [0.25, 0.3) is 0 Å². The summed E-state index contributed by atoms with van der Waals surface area (Å²) in [7, 11) is 1.08. The number of aromatic nitrogens is 2. The first kappa shape index (κ1) is 27.2. The zero-order valence-electron chi connectivity index (χ0n) is 19.6. The summed E-state index contributed by atoms with van der Waals surface area (Å²) in [5.74, 6) is -2.77. The minimum Gasteiger partial charge on any atom is -0.463 e. The van der Waals surface area contributed by atoms with Gasteiger partial charge in [0.2, 0.25) is 5.91 Å². The van der Waals surface area contributed by atoms with Gasteiger partial charge in [-0.15, -0.1) is 0 Å². The van der Waals surface area contributed by atoms with Gasteiger partial charge in [0.05, 0.1) is 7.11 Å². The van der Waals surface area contributed by atoms with E-state index in [2.05, 4.69) is 20.4 Å². The molecule has 0 aliphatic carbocycles. The first-order valence-electron chi connectivity index (χ1n) is 10.3. The number of ether oxygens (including phenoxy) is 5. The number of esters is 3. The molecule has 192 valence electrons. The number of methoxy groups -OCH3 is 1. The van der Waals surface area contributed by atoms with Crippen molar-refractivity contribution in [2.24, 2.45) is 0 Å². The van der Waals surface area contributed by atoms with E-state index in [-0.39, 0.29) is 5.82 Å². The Labute approximate surface area is 199 Å². The minimum absolute atomic E-state index is 0.0437. The smallest absolute Gasteiger partial charge is 0.407 e. The molecule has 1 aliphatic rings. The third kappa shape index (κ3) is 7.49. The van der Waals surface area contributed by atoms with Crippen LogP contribution in [0, 0.1) is 0 Å². The number of rotatable bonds is 7. The number of amides is 2. The van der Waals surface area contributed by atoms with Gasteiger partial charge < -0.3 is 34.3 Å². The minimum atomic E-state index is -1.41. The van der Waals surface area contributed by atoms with E-state index in [1.807, 2.05) is 0 Å². The summed E-state index contributed by atoms with van der Waals surface area (Å²) < 4.78 is 27.2. The molecule has 15 heteroatoms. The highest BCUT2D eigenvalue weighted by molar-refractivity contribution is 5.87. The molecular formula is C20H26N4O11. The van der Waals surface area contributed by atoms with Crippen LogP contribution in [0.2, 0.25) is 0 Å². The van der Waals surface area contributed by atoms with Crippen molar-refractivity contribution in [3.63, 3.8) is 0 Å². The summed E-state index contributed by atoms with van der Waals surface area (Å²) in [6.45, 7) is 4.10. The molecule has 0 saturated carbocycles. The third-order valence-electron chi connectivity index (χ3n) is 4.60. The van der Waals surface area contributed by atoms with Crippen LogP contribution < -0.4 is 16.3 Å². The van der Waals surface area contributed by atoms with E-state index in [1.165, 1.54) is 19.2 Å². The number of carbonyl (C=O) groups excluding carboxylic acids is 5. The Bertz CT molecular complexity index is 1040. The van der Waals surface area contributed by atoms with Gasteiger partial charge in [-0.2, -0.15) is 4.98 Å². The Kier molecular flexibility index (Phi) is 9.27. The fourth-order valence-electron chi connectivity index (χ4n) is 3.36. The van der Waals surface area contributed by atoms with Gasteiger partial charge >= 0.3 is 29.7 Å². The van der Waals surface area contributed by atoms with Crippen LogP contribution in [0.3, 0.4) is 0 Å². The SMILES string of the molecule is COC(=O)N[C@@H]1[C@H](OC(C)=O)[C@H](OC(C)=O)[C@H](COC(C)=O)O[C@H]1n1ccc(NC(C)=O)nc1=O. The van der Waals surface area contributed by atoms with Crippen molar-refractivity contribution in [2.45, 2.75) is 58.3 Å². The fraction of sp³-hybridized carbons (Fsp3) is 0.550. The van der Waals surface area contributed by atoms with Crippen LogP contribution in [0.5, 0.6) is 0 Å². The molecule has 0 spiro atoms. The highest BCUT2D eigenvalue weighted by Crippen LogP contribution is 2.32. The lowest BCUT2D eigenvalue weighted by Gasteiger charge is -2.45. The van der Waals surface area contributed by atoms with Crippen molar-refractivity contribution in [3.05, 3.63) is 22.7 Å². The monoisotopic (exact) mass is 498 g/mol. The predicted molar refractivity (Wildman–Crippen MR) is 114 cm³/mol. The molecule has 5 atom stereocenters. The Balaban J connectivity index is 2.61. The molecule has 15 nitrogen and oxygen atoms in total. The topological polar surface area (TPSA) is 190 Å². The zero-order chi connectivity index (χ0) is 26.3. The number of anilines is 1. The van der Waals surface area contributed by atoms with Crippen molar-refractivity contribution >= 4 is 35.7 Å². The molecule has 2 heterocycles. The van der Waals surface area contributed by atoms with Gasteiger partial charge in [-0.3, -0.25) is 23.7 Å². The highest BCUT2D eigenvalue weighted by Gasteiger charge is 2.52. The quantitative estimate of drug-likeness (QED) is 0.354. The number of nitrogens with zero attached hydrogens (tertiary/aromatic N) is 2. The zero-order valence-corrected chi connectivity index (χ0v) is 19.6. The van der Waals surface area contributed by atoms with E-state index in [4.69, 9.17) is 18.9 Å². The average Bonchev–Trinajstić information content (AvgIpc) is 2.74. The first-order chi connectivity index (χ1) is 16.4. The molecule has 0 aromatic carbocycles. The molecule has 0 unspecified atom stereocenters. The van der Waals surface area contributed by atoms with Crippen LogP contribution in [0.15, 0.2) is 17.1 Å². The Morgan fingerprint density at radius 2 is 1.66 bits per heavy atom. The largest absolute Gasteiger partial charge is 0.463 e. The second kappa shape index (κ2) is 11.9. The average molecular weight is 498 g/mol. The molecule has 1 saturated heterocycles. The number of hydrogen-bond donors (Lipinski definition) is 2. The molecule has 35 heavy (non-hydrogen) atoms. The summed E-state index contributed by atoms with van der Waals surface area (Å²) in [4.78, 5) is 75.1. The molecule has 1 fully saturated rings. The number of nitrogens with one attached hydrogen (secondary N) is 2. The molecule has 1 aromatic heterocycles. The molecule has 1 aromatic rings. The summed E-state index contributed by atoms with van der Waals surface area (Å²) in [5, 5.41) is 4.77. The van der Waals surface area contributed by atoms with E-state index in [1.54, 1.807) is 0 Å². The van der Waals surface area contributed by atoms with Crippen LogP contribution in [0.4, 0.5) is 10.6 Å². The first-order valence-corrected chi connectivity index (χ1v) is 10.3. The maximum Gasteiger partial charge on any atom is 0.407 e. The van der Waals surface area contributed by atoms with Crippen LogP contribution in [0.1, 0.15) is 33.9 Å². The highest BCUT2D eigenvalue weighted by atomic mass is 16.6. The summed E-state index contributed by atoms with van der Waals surface area (Å²) in [6, 6.07) is -0.0445. The molecule has 2 N–H and O–H groups in total. The van der Waals surface area contributed by atoms with Crippen LogP contribution >= 0.6 is 0 Å². The molecule has 2 amide bonds. The van der Waals surface area contributed by atoms with Gasteiger partial charge in [-0.05, 0) is 6.07 Å². The summed E-state index contributed by atoms with van der Waals surface area (Å²) in [6.07, 6.45) is -5.14. The van der Waals surface area contributed by atoms with Crippen molar-refractivity contribution < 1.29 is 47.7 Å². The van der Waals surface area contributed by atoms with Gasteiger partial charge in [0.1, 0.15) is 24.6 Å². The Hall–Kier alpha value is -4.01. The lowest BCUT2D eigenvalue weighted by atomic mass is 9.95. The number of alkyl carbamates (subject to hydrolysis) is 1.